The van der Waals surface area contributed by atoms with Crippen molar-refractivity contribution in [2.75, 3.05) is 37.4 Å². The van der Waals surface area contributed by atoms with Crippen molar-refractivity contribution in [3.8, 4) is 0 Å². The number of rotatable bonds is 6. The molecule has 2 aliphatic heterocycles. The van der Waals surface area contributed by atoms with Crippen molar-refractivity contribution < 1.29 is 9.53 Å². The second-order valence-corrected chi connectivity index (χ2v) is 6.99. The molecule has 2 aliphatic rings. The molecule has 2 heterocycles. The van der Waals surface area contributed by atoms with Crippen LogP contribution in [0.4, 0.5) is 11.4 Å². The third-order valence-corrected chi connectivity index (χ3v) is 5.00. The Kier molecular flexibility index (Phi) is 6.10. The molecule has 1 atom stereocenters. The Morgan fingerprint density at radius 2 is 1.96 bits per heavy atom. The summed E-state index contributed by atoms with van der Waals surface area (Å²) in [5, 5.41) is 6.67. The molecule has 1 aromatic carbocycles. The number of ether oxygens (including phenoxy) is 1. The van der Waals surface area contributed by atoms with Crippen LogP contribution in [0.25, 0.3) is 0 Å². The van der Waals surface area contributed by atoms with Gasteiger partial charge in [0.25, 0.3) is 0 Å². The molecule has 3 rings (SSSR count). The maximum absolute atomic E-state index is 12.3. The van der Waals surface area contributed by atoms with Gasteiger partial charge in [0, 0.05) is 19.1 Å². The lowest BCUT2D eigenvalue weighted by Gasteiger charge is -2.30. The van der Waals surface area contributed by atoms with E-state index in [1.807, 2.05) is 24.3 Å². The molecule has 0 aliphatic carbocycles. The number of nitrogens with one attached hydrogen (secondary N) is 2. The Bertz CT molecular complexity index is 535. The van der Waals surface area contributed by atoms with Crippen LogP contribution in [0.1, 0.15) is 38.5 Å². The largest absolute Gasteiger partial charge is 0.381 e. The van der Waals surface area contributed by atoms with E-state index in [1.165, 1.54) is 0 Å². The van der Waals surface area contributed by atoms with Gasteiger partial charge in [0.05, 0.1) is 17.5 Å². The molecule has 5 nitrogen and oxygen atoms in total. The first kappa shape index (κ1) is 17.2. The number of piperidine rings is 1. The summed E-state index contributed by atoms with van der Waals surface area (Å²) in [6.07, 6.45) is 6.08. The summed E-state index contributed by atoms with van der Waals surface area (Å²) in [5.41, 5.74) is 1.91. The Hall–Kier alpha value is -1.59. The van der Waals surface area contributed by atoms with Crippen molar-refractivity contribution in [3.63, 3.8) is 0 Å². The lowest BCUT2D eigenvalue weighted by molar-refractivity contribution is -0.116. The zero-order valence-electron chi connectivity index (χ0n) is 14.6. The summed E-state index contributed by atoms with van der Waals surface area (Å²) in [6.45, 7) is 3.08. The first-order valence-electron chi connectivity index (χ1n) is 9.16. The molecule has 2 saturated heterocycles. The lowest BCUT2D eigenvalue weighted by atomic mass is 10.0. The zero-order valence-corrected chi connectivity index (χ0v) is 14.6. The minimum atomic E-state index is 0.0723. The van der Waals surface area contributed by atoms with Gasteiger partial charge in [0.1, 0.15) is 0 Å². The third kappa shape index (κ3) is 4.95. The van der Waals surface area contributed by atoms with Crippen LogP contribution in [0.2, 0.25) is 0 Å². The molecular weight excluding hydrogens is 302 g/mol. The van der Waals surface area contributed by atoms with Gasteiger partial charge in [-0.25, -0.2) is 0 Å². The zero-order chi connectivity index (χ0) is 16.8. The van der Waals surface area contributed by atoms with Gasteiger partial charge in [-0.2, -0.15) is 0 Å². The number of nitrogens with zero attached hydrogens (tertiary/aromatic N) is 1. The van der Waals surface area contributed by atoms with E-state index in [9.17, 15) is 4.79 Å². The van der Waals surface area contributed by atoms with Gasteiger partial charge >= 0.3 is 0 Å². The number of likely N-dealkylation sites (tertiary alicyclic amines) is 1. The highest BCUT2D eigenvalue weighted by atomic mass is 16.5. The van der Waals surface area contributed by atoms with Gasteiger partial charge in [-0.3, -0.25) is 4.79 Å². The summed E-state index contributed by atoms with van der Waals surface area (Å²) in [6, 6.07) is 8.48. The Morgan fingerprint density at radius 1 is 1.21 bits per heavy atom. The average molecular weight is 331 g/mol. The number of carbonyl (C=O) groups is 1. The topological polar surface area (TPSA) is 53.6 Å². The fraction of sp³-hybridized carbons (Fsp3) is 0.632. The Morgan fingerprint density at radius 3 is 2.67 bits per heavy atom. The van der Waals surface area contributed by atoms with E-state index in [0.29, 0.717) is 12.5 Å². The Labute approximate surface area is 144 Å². The summed E-state index contributed by atoms with van der Waals surface area (Å²) in [4.78, 5) is 14.6. The number of carbonyl (C=O) groups excluding carboxylic acids is 1. The van der Waals surface area contributed by atoms with Gasteiger partial charge in [0.15, 0.2) is 0 Å². The number of anilines is 2. The van der Waals surface area contributed by atoms with Crippen LogP contribution < -0.4 is 10.6 Å². The molecular formula is C19H29N3O2. The van der Waals surface area contributed by atoms with Gasteiger partial charge < -0.3 is 20.3 Å². The van der Waals surface area contributed by atoms with E-state index in [2.05, 4.69) is 22.6 Å². The van der Waals surface area contributed by atoms with Crippen LogP contribution in [-0.2, 0) is 9.53 Å². The SMILES string of the molecule is CN1CCC(Nc2ccccc2NC(=O)CC[C@H]2CCCO2)CC1. The van der Waals surface area contributed by atoms with E-state index in [4.69, 9.17) is 4.74 Å². The molecule has 2 fully saturated rings. The molecule has 5 heteroatoms. The van der Waals surface area contributed by atoms with Gasteiger partial charge in [-0.1, -0.05) is 12.1 Å². The van der Waals surface area contributed by atoms with E-state index >= 15 is 0 Å². The molecule has 0 unspecified atom stereocenters. The predicted molar refractivity (Wildman–Crippen MR) is 97.4 cm³/mol. The van der Waals surface area contributed by atoms with Crippen molar-refractivity contribution in [2.45, 2.75) is 50.7 Å². The van der Waals surface area contributed by atoms with Crippen LogP contribution in [0.3, 0.4) is 0 Å². The number of hydrogen-bond acceptors (Lipinski definition) is 4. The first-order valence-corrected chi connectivity index (χ1v) is 9.16. The number of para-hydroxylation sites is 2. The predicted octanol–water partition coefficient (Wildman–Crippen LogP) is 3.09. The van der Waals surface area contributed by atoms with Gasteiger partial charge in [-0.05, 0) is 64.4 Å². The van der Waals surface area contributed by atoms with Crippen molar-refractivity contribution in [3.05, 3.63) is 24.3 Å². The van der Waals surface area contributed by atoms with E-state index in [-0.39, 0.29) is 12.0 Å². The molecule has 0 aromatic heterocycles. The highest BCUT2D eigenvalue weighted by Gasteiger charge is 2.19. The standard InChI is InChI=1S/C19H29N3O2/c1-22-12-10-15(11-13-22)20-17-6-2-3-7-18(17)21-19(23)9-8-16-5-4-14-24-16/h2-3,6-7,15-16,20H,4-5,8-14H2,1H3,(H,21,23)/t16-/m1/s1. The van der Waals surface area contributed by atoms with Gasteiger partial charge in [0.2, 0.25) is 5.91 Å². The molecule has 1 aromatic rings. The normalized spacial score (nSPS) is 22.5. The maximum atomic E-state index is 12.3. The minimum absolute atomic E-state index is 0.0723. The van der Waals surface area contributed by atoms with Crippen LogP contribution in [0.15, 0.2) is 24.3 Å². The second-order valence-electron chi connectivity index (χ2n) is 6.99. The number of hydrogen-bond donors (Lipinski definition) is 2. The molecule has 24 heavy (non-hydrogen) atoms. The average Bonchev–Trinajstić information content (AvgIpc) is 3.10. The van der Waals surface area contributed by atoms with Crippen molar-refractivity contribution in [1.29, 1.82) is 0 Å². The third-order valence-electron chi connectivity index (χ3n) is 5.00. The van der Waals surface area contributed by atoms with Crippen LogP contribution in [0, 0.1) is 0 Å². The quantitative estimate of drug-likeness (QED) is 0.841. The van der Waals surface area contributed by atoms with E-state index in [1.54, 1.807) is 0 Å². The van der Waals surface area contributed by atoms with Crippen LogP contribution in [0.5, 0.6) is 0 Å². The molecule has 0 radical (unpaired) electrons. The number of benzene rings is 1. The fourth-order valence-electron chi connectivity index (χ4n) is 3.47. The monoisotopic (exact) mass is 331 g/mol. The fourth-order valence-corrected chi connectivity index (χ4v) is 3.47. The molecule has 0 bridgehead atoms. The Balaban J connectivity index is 1.52. The van der Waals surface area contributed by atoms with E-state index < -0.39 is 0 Å². The maximum Gasteiger partial charge on any atom is 0.224 e. The first-order chi connectivity index (χ1) is 11.7. The van der Waals surface area contributed by atoms with Crippen LogP contribution in [-0.4, -0.2) is 49.7 Å². The summed E-state index contributed by atoms with van der Waals surface area (Å²) in [5.74, 6) is 0.0723. The molecule has 132 valence electrons. The van der Waals surface area contributed by atoms with Gasteiger partial charge in [-0.15, -0.1) is 0 Å². The minimum Gasteiger partial charge on any atom is -0.381 e. The second kappa shape index (κ2) is 8.49. The highest BCUT2D eigenvalue weighted by molar-refractivity contribution is 5.94. The van der Waals surface area contributed by atoms with Crippen molar-refractivity contribution in [1.82, 2.24) is 4.90 Å². The van der Waals surface area contributed by atoms with E-state index in [0.717, 1.165) is 63.2 Å². The van der Waals surface area contributed by atoms with Crippen LogP contribution >= 0.6 is 0 Å². The van der Waals surface area contributed by atoms with Crippen molar-refractivity contribution in [2.24, 2.45) is 0 Å². The lowest BCUT2D eigenvalue weighted by Crippen LogP contribution is -2.36. The molecule has 0 spiro atoms. The molecule has 0 saturated carbocycles. The summed E-state index contributed by atoms with van der Waals surface area (Å²) in [7, 11) is 2.17. The smallest absolute Gasteiger partial charge is 0.224 e. The highest BCUT2D eigenvalue weighted by Crippen LogP contribution is 2.25. The van der Waals surface area contributed by atoms with Crippen molar-refractivity contribution >= 4 is 17.3 Å². The number of amides is 1. The molecule has 2 N–H and O–H groups in total. The molecule has 1 amide bonds. The summed E-state index contributed by atoms with van der Waals surface area (Å²) < 4.78 is 5.59. The summed E-state index contributed by atoms with van der Waals surface area (Å²) >= 11 is 0.